The summed E-state index contributed by atoms with van der Waals surface area (Å²) in [6.45, 7) is 6.13. The molecule has 4 rings (SSSR count). The minimum Gasteiger partial charge on any atom is -0.490 e. The third-order valence-electron chi connectivity index (χ3n) is 7.66. The lowest BCUT2D eigenvalue weighted by Gasteiger charge is -2.27. The lowest BCUT2D eigenvalue weighted by Crippen LogP contribution is -2.14. The van der Waals surface area contributed by atoms with Crippen molar-refractivity contribution in [3.8, 4) is 16.9 Å². The standard InChI is InChI=1S/C35H40F2O/c1-3-5-25-38-33-24-23-32(34(36)35(33)37)31-21-15-28(16-22-31)10-7-6-9-27-13-19-30(20-14-27)29-17-11-26(8-4-2)12-18-29/h3,7,10-14,17-20,23-24,28,31H,1,4-6,8-9,15-16,21-22,25H2,2H3/b10-7+. The second-order valence-electron chi connectivity index (χ2n) is 10.4. The predicted octanol–water partition coefficient (Wildman–Crippen LogP) is 10.0. The van der Waals surface area contributed by atoms with Crippen LogP contribution in [-0.4, -0.2) is 6.61 Å². The van der Waals surface area contributed by atoms with Crippen LogP contribution in [-0.2, 0) is 12.8 Å². The Labute approximate surface area is 227 Å². The zero-order valence-corrected chi connectivity index (χ0v) is 22.6. The molecule has 0 amide bonds. The Morgan fingerprint density at radius 1 is 0.789 bits per heavy atom. The average molecular weight is 515 g/mol. The van der Waals surface area contributed by atoms with E-state index in [1.807, 2.05) is 0 Å². The molecule has 1 aliphatic carbocycles. The van der Waals surface area contributed by atoms with Crippen molar-refractivity contribution in [3.63, 3.8) is 0 Å². The van der Waals surface area contributed by atoms with Gasteiger partial charge in [0.05, 0.1) is 6.61 Å². The van der Waals surface area contributed by atoms with Crippen molar-refractivity contribution in [1.29, 1.82) is 0 Å². The van der Waals surface area contributed by atoms with Crippen molar-refractivity contribution in [1.82, 2.24) is 0 Å². The molecule has 1 nitrogen and oxygen atoms in total. The Kier molecular flexibility index (Phi) is 10.3. The topological polar surface area (TPSA) is 9.23 Å². The van der Waals surface area contributed by atoms with Gasteiger partial charge in [-0.3, -0.25) is 0 Å². The minimum absolute atomic E-state index is 0.0135. The number of benzene rings is 3. The molecule has 0 unspecified atom stereocenters. The monoisotopic (exact) mass is 514 g/mol. The zero-order valence-electron chi connectivity index (χ0n) is 22.6. The van der Waals surface area contributed by atoms with E-state index < -0.39 is 11.6 Å². The highest BCUT2D eigenvalue weighted by atomic mass is 19.2. The lowest BCUT2D eigenvalue weighted by atomic mass is 9.78. The van der Waals surface area contributed by atoms with Crippen LogP contribution in [0.25, 0.3) is 11.1 Å². The summed E-state index contributed by atoms with van der Waals surface area (Å²) in [5.41, 5.74) is 5.76. The first-order valence-electron chi connectivity index (χ1n) is 14.2. The zero-order chi connectivity index (χ0) is 26.7. The first kappa shape index (κ1) is 27.8. The van der Waals surface area contributed by atoms with Crippen LogP contribution < -0.4 is 4.74 Å². The Balaban J connectivity index is 1.22. The molecular formula is C35H40F2O. The number of allylic oxidation sites excluding steroid dienone is 2. The molecule has 200 valence electrons. The summed E-state index contributed by atoms with van der Waals surface area (Å²) in [6.07, 6.45) is 15.0. The molecule has 0 radical (unpaired) electrons. The van der Waals surface area contributed by atoms with Gasteiger partial charge in [-0.25, -0.2) is 4.39 Å². The summed E-state index contributed by atoms with van der Waals surface area (Å²) in [5, 5.41) is 0. The Hall–Kier alpha value is -3.20. The largest absolute Gasteiger partial charge is 0.490 e. The second-order valence-corrected chi connectivity index (χ2v) is 10.4. The number of ether oxygens (including phenoxy) is 1. The van der Waals surface area contributed by atoms with Crippen LogP contribution in [0, 0.1) is 17.6 Å². The van der Waals surface area contributed by atoms with Gasteiger partial charge in [0.25, 0.3) is 0 Å². The van der Waals surface area contributed by atoms with E-state index in [0.717, 1.165) is 44.9 Å². The van der Waals surface area contributed by atoms with Gasteiger partial charge in [-0.05, 0) is 97.1 Å². The van der Waals surface area contributed by atoms with E-state index >= 15 is 0 Å². The first-order valence-corrected chi connectivity index (χ1v) is 14.2. The molecule has 0 saturated heterocycles. The fraction of sp³-hybridized carbons (Fsp3) is 0.371. The number of hydrogen-bond acceptors (Lipinski definition) is 1. The van der Waals surface area contributed by atoms with Crippen LogP contribution in [0.2, 0.25) is 0 Å². The molecular weight excluding hydrogens is 474 g/mol. The van der Waals surface area contributed by atoms with Crippen molar-refractivity contribution in [2.24, 2.45) is 5.92 Å². The van der Waals surface area contributed by atoms with Crippen LogP contribution in [0.5, 0.6) is 5.75 Å². The summed E-state index contributed by atoms with van der Waals surface area (Å²) in [4.78, 5) is 0. The Morgan fingerprint density at radius 3 is 2.03 bits per heavy atom. The van der Waals surface area contributed by atoms with Gasteiger partial charge >= 0.3 is 0 Å². The van der Waals surface area contributed by atoms with Gasteiger partial charge in [-0.15, -0.1) is 6.58 Å². The highest BCUT2D eigenvalue weighted by Gasteiger charge is 2.25. The number of rotatable bonds is 12. The van der Waals surface area contributed by atoms with Crippen LogP contribution in [0.15, 0.2) is 85.5 Å². The second kappa shape index (κ2) is 14.1. The average Bonchev–Trinajstić information content (AvgIpc) is 2.95. The van der Waals surface area contributed by atoms with Crippen molar-refractivity contribution in [2.45, 2.75) is 70.6 Å². The quantitative estimate of drug-likeness (QED) is 0.173. The van der Waals surface area contributed by atoms with Gasteiger partial charge in [0.15, 0.2) is 11.6 Å². The number of halogens is 2. The van der Waals surface area contributed by atoms with Crippen molar-refractivity contribution >= 4 is 0 Å². The van der Waals surface area contributed by atoms with Crippen molar-refractivity contribution < 1.29 is 13.5 Å². The molecule has 0 aliphatic heterocycles. The molecule has 3 aromatic carbocycles. The normalized spacial score (nSPS) is 17.6. The molecule has 0 spiro atoms. The molecule has 0 heterocycles. The molecule has 1 saturated carbocycles. The van der Waals surface area contributed by atoms with Gasteiger partial charge in [0, 0.05) is 0 Å². The van der Waals surface area contributed by atoms with E-state index in [9.17, 15) is 8.78 Å². The fourth-order valence-electron chi connectivity index (χ4n) is 5.40. The van der Waals surface area contributed by atoms with Gasteiger partial charge in [0.1, 0.15) is 0 Å². The van der Waals surface area contributed by atoms with Crippen LogP contribution in [0.3, 0.4) is 0 Å². The SMILES string of the molecule is C=CCCOc1ccc(C2CCC(/C=C/CCc3ccc(-c4ccc(CCC)cc4)cc3)CC2)c(F)c1F. The van der Waals surface area contributed by atoms with Gasteiger partial charge in [0.2, 0.25) is 5.82 Å². The van der Waals surface area contributed by atoms with Crippen LogP contribution in [0.4, 0.5) is 8.78 Å². The molecule has 3 aromatic rings. The molecule has 38 heavy (non-hydrogen) atoms. The molecule has 1 aliphatic rings. The van der Waals surface area contributed by atoms with E-state index in [2.05, 4.69) is 74.2 Å². The fourth-order valence-corrected chi connectivity index (χ4v) is 5.40. The van der Waals surface area contributed by atoms with E-state index in [1.165, 1.54) is 28.7 Å². The molecule has 0 bridgehead atoms. The summed E-state index contributed by atoms with van der Waals surface area (Å²) in [6, 6.07) is 21.1. The minimum atomic E-state index is -0.869. The maximum atomic E-state index is 14.7. The third kappa shape index (κ3) is 7.43. The summed E-state index contributed by atoms with van der Waals surface area (Å²) < 4.78 is 34.6. The maximum absolute atomic E-state index is 14.7. The first-order chi connectivity index (χ1) is 18.6. The lowest BCUT2D eigenvalue weighted by molar-refractivity contribution is 0.298. The summed E-state index contributed by atoms with van der Waals surface area (Å²) in [5.74, 6) is -1.05. The Bertz CT molecular complexity index is 1190. The molecule has 0 aromatic heterocycles. The smallest absolute Gasteiger partial charge is 0.200 e. The number of aryl methyl sites for hydroxylation is 2. The summed E-state index contributed by atoms with van der Waals surface area (Å²) >= 11 is 0. The van der Waals surface area contributed by atoms with Crippen molar-refractivity contribution in [2.75, 3.05) is 6.61 Å². The predicted molar refractivity (Wildman–Crippen MR) is 155 cm³/mol. The van der Waals surface area contributed by atoms with Crippen LogP contribution >= 0.6 is 0 Å². The van der Waals surface area contributed by atoms with Gasteiger partial charge < -0.3 is 4.74 Å². The molecule has 3 heteroatoms. The van der Waals surface area contributed by atoms with Crippen LogP contribution in [0.1, 0.15) is 74.5 Å². The highest BCUT2D eigenvalue weighted by molar-refractivity contribution is 5.64. The number of hydrogen-bond donors (Lipinski definition) is 0. The van der Waals surface area contributed by atoms with Gasteiger partial charge in [-0.1, -0.05) is 86.2 Å². The van der Waals surface area contributed by atoms with E-state index in [4.69, 9.17) is 4.74 Å². The highest BCUT2D eigenvalue weighted by Crippen LogP contribution is 2.39. The maximum Gasteiger partial charge on any atom is 0.200 e. The van der Waals surface area contributed by atoms with Gasteiger partial charge in [-0.2, -0.15) is 4.39 Å². The molecule has 0 atom stereocenters. The van der Waals surface area contributed by atoms with Crippen molar-refractivity contribution in [3.05, 3.63) is 114 Å². The van der Waals surface area contributed by atoms with E-state index in [1.54, 1.807) is 18.2 Å². The third-order valence-corrected chi connectivity index (χ3v) is 7.66. The Morgan fingerprint density at radius 2 is 1.42 bits per heavy atom. The summed E-state index contributed by atoms with van der Waals surface area (Å²) in [7, 11) is 0. The molecule has 0 N–H and O–H groups in total. The van der Waals surface area contributed by atoms with E-state index in [0.29, 0.717) is 24.5 Å². The van der Waals surface area contributed by atoms with E-state index in [-0.39, 0.29) is 11.7 Å². The molecule has 1 fully saturated rings.